The first-order valence-corrected chi connectivity index (χ1v) is 26.3. The lowest BCUT2D eigenvalue weighted by atomic mass is 9.47. The number of aromatic nitrogens is 1. The molecule has 2 bridgehead atoms. The molecule has 17 heteroatoms. The van der Waals surface area contributed by atoms with Gasteiger partial charge in [0.2, 0.25) is 5.60 Å². The van der Waals surface area contributed by atoms with Crippen molar-refractivity contribution in [2.24, 2.45) is 11.3 Å². The molecular weight excluding hydrogens is 890 g/mol. The quantitative estimate of drug-likeness (QED) is 0.0937. The van der Waals surface area contributed by atoms with Gasteiger partial charge in [0.1, 0.15) is 11.2 Å². The van der Waals surface area contributed by atoms with Gasteiger partial charge in [0, 0.05) is 97.5 Å². The molecule has 0 radical (unpaired) electrons. The van der Waals surface area contributed by atoms with Gasteiger partial charge < -0.3 is 48.7 Å². The SMILES string of the molecule is CCOP(=O)(CCNC(=O)[C@@]1(O)[C@H](OC(C)=O)[C@]2(CC)C=CCN3CC[C@@]4(c5cc([C@@]6(C(=O)OC)C[C@H]7CN(CCc8c6[nH]c6ccccc86)C[C@](O)(CC)C7)c(OC)cc5N(C)[C@@H]14)[C@@H]32)OCC. The Bertz CT molecular complexity index is 2540. The molecule has 3 fully saturated rings. The van der Waals surface area contributed by atoms with Gasteiger partial charge in [-0.2, -0.15) is 0 Å². The number of fused-ring (bicyclic) bond motifs is 6. The van der Waals surface area contributed by atoms with Gasteiger partial charge in [-0.3, -0.25) is 28.7 Å². The van der Waals surface area contributed by atoms with E-state index in [9.17, 15) is 19.6 Å². The van der Waals surface area contributed by atoms with E-state index < -0.39 is 65.0 Å². The molecule has 10 atom stereocenters. The predicted octanol–water partition coefficient (Wildman–Crippen LogP) is 5.20. The van der Waals surface area contributed by atoms with Crippen LogP contribution in [0.1, 0.15) is 89.1 Å². The number of para-hydroxylation sites is 1. The molecule has 4 N–H and O–H groups in total. The molecule has 1 amide bonds. The summed E-state index contributed by atoms with van der Waals surface area (Å²) in [6.07, 6.45) is 5.47. The maximum Gasteiger partial charge on any atom is 0.332 e. The van der Waals surface area contributed by atoms with Crippen molar-refractivity contribution >= 4 is 42.0 Å². The number of esters is 2. The fraction of sp³-hybridized carbons (Fsp3) is 0.627. The normalized spacial score (nSPS) is 33.9. The van der Waals surface area contributed by atoms with Gasteiger partial charge in [0.15, 0.2) is 6.10 Å². The first-order valence-electron chi connectivity index (χ1n) is 24.6. The minimum Gasteiger partial charge on any atom is -0.496 e. The molecule has 6 aliphatic rings. The second-order valence-corrected chi connectivity index (χ2v) is 22.3. The van der Waals surface area contributed by atoms with E-state index in [0.29, 0.717) is 88.2 Å². The molecule has 1 aliphatic carbocycles. The number of rotatable bonds is 14. The number of methoxy groups -OCH3 is 2. The Kier molecular flexibility index (Phi) is 12.8. The average Bonchev–Trinajstić information content (AvgIpc) is 3.98. The first-order chi connectivity index (χ1) is 32.5. The number of piperidine rings is 1. The van der Waals surface area contributed by atoms with E-state index in [2.05, 4.69) is 32.2 Å². The number of aromatic amines is 1. The van der Waals surface area contributed by atoms with Gasteiger partial charge in [-0.1, -0.05) is 44.2 Å². The summed E-state index contributed by atoms with van der Waals surface area (Å²) >= 11 is 0. The largest absolute Gasteiger partial charge is 0.496 e. The molecule has 9 rings (SSSR count). The van der Waals surface area contributed by atoms with Crippen molar-refractivity contribution < 1.29 is 52.4 Å². The van der Waals surface area contributed by atoms with E-state index in [1.807, 2.05) is 62.2 Å². The topological polar surface area (TPSA) is 192 Å². The third-order valence-corrected chi connectivity index (χ3v) is 18.8. The second kappa shape index (κ2) is 17.8. The van der Waals surface area contributed by atoms with Crippen molar-refractivity contribution in [3.63, 3.8) is 0 Å². The molecule has 1 saturated carbocycles. The standard InChI is InChI=1S/C51H70N5O11P/c1-9-47(60)28-33-29-50(46(59)64-8,41-35(18-23-55(30-33)31-47)34-16-13-14-17-38(34)53-41)37-26-36-39(27-40(37)63-7)54(6)43-49(36)20-24-56-22-15-19-48(10-2,42(49)56)44(67-32(5)57)51(43,61)45(58)52-21-25-68(62,65-11-3)66-12-4/h13-17,19,26-27,33,42-44,53,60-61H,9-12,18,20-25,28-31H2,1-8H3,(H,52,58)/t33-,42-,43+,44+,47-,48+,49+,50-,51-/m0/s1. The van der Waals surface area contributed by atoms with E-state index >= 15 is 9.59 Å². The summed E-state index contributed by atoms with van der Waals surface area (Å²) in [7, 11) is 1.27. The second-order valence-electron chi connectivity index (χ2n) is 20.1. The molecular formula is C51H70N5O11P. The molecule has 2 saturated heterocycles. The van der Waals surface area contributed by atoms with Crippen LogP contribution in [0.2, 0.25) is 0 Å². The molecule has 3 aromatic rings. The maximum absolute atomic E-state index is 15.5. The van der Waals surface area contributed by atoms with Crippen LogP contribution in [-0.2, 0) is 54.7 Å². The molecule has 6 heterocycles. The van der Waals surface area contributed by atoms with E-state index in [1.54, 1.807) is 21.0 Å². The average molecular weight is 960 g/mol. The van der Waals surface area contributed by atoms with Crippen LogP contribution in [0, 0.1) is 11.3 Å². The van der Waals surface area contributed by atoms with Crippen LogP contribution in [0.15, 0.2) is 48.6 Å². The summed E-state index contributed by atoms with van der Waals surface area (Å²) in [5.41, 5.74) is -2.16. The Labute approximate surface area is 399 Å². The predicted molar refractivity (Wildman–Crippen MR) is 257 cm³/mol. The zero-order valence-corrected chi connectivity index (χ0v) is 41.8. The third kappa shape index (κ3) is 7.12. The zero-order valence-electron chi connectivity index (χ0n) is 40.9. The van der Waals surface area contributed by atoms with Crippen LogP contribution in [0.25, 0.3) is 10.9 Å². The highest BCUT2D eigenvalue weighted by molar-refractivity contribution is 7.53. The van der Waals surface area contributed by atoms with E-state index in [-0.39, 0.29) is 37.9 Å². The van der Waals surface area contributed by atoms with Gasteiger partial charge >= 0.3 is 19.5 Å². The van der Waals surface area contributed by atoms with Crippen LogP contribution in [0.5, 0.6) is 5.75 Å². The van der Waals surface area contributed by atoms with Crippen LogP contribution in [0.3, 0.4) is 0 Å². The fourth-order valence-corrected chi connectivity index (χ4v) is 15.9. The van der Waals surface area contributed by atoms with Crippen molar-refractivity contribution in [2.45, 2.75) is 113 Å². The Balaban J connectivity index is 1.29. The summed E-state index contributed by atoms with van der Waals surface area (Å²) in [5, 5.41) is 29.9. The monoisotopic (exact) mass is 959 g/mol. The maximum atomic E-state index is 15.5. The van der Waals surface area contributed by atoms with Gasteiger partial charge in [-0.15, -0.1) is 0 Å². The molecule has 1 unspecified atom stereocenters. The number of hydrogen-bond donors (Lipinski definition) is 4. The molecule has 16 nitrogen and oxygen atoms in total. The Morgan fingerprint density at radius 2 is 1.72 bits per heavy atom. The summed E-state index contributed by atoms with van der Waals surface area (Å²) in [6, 6.07) is 10.7. The molecule has 5 aliphatic heterocycles. The fourth-order valence-electron chi connectivity index (χ4n) is 14.4. The summed E-state index contributed by atoms with van der Waals surface area (Å²) < 4.78 is 43.5. The van der Waals surface area contributed by atoms with Crippen molar-refractivity contribution in [2.75, 3.05) is 84.8 Å². The van der Waals surface area contributed by atoms with Crippen molar-refractivity contribution in [1.29, 1.82) is 0 Å². The number of ether oxygens (including phenoxy) is 3. The van der Waals surface area contributed by atoms with Gasteiger partial charge in [-0.25, -0.2) is 0 Å². The van der Waals surface area contributed by atoms with E-state index in [4.69, 9.17) is 23.3 Å². The van der Waals surface area contributed by atoms with E-state index in [1.165, 1.54) is 14.0 Å². The number of hydrogen-bond acceptors (Lipinski definition) is 14. The number of carbonyl (C=O) groups is 3. The van der Waals surface area contributed by atoms with Crippen molar-refractivity contribution in [3.8, 4) is 5.75 Å². The minimum absolute atomic E-state index is 0.136. The van der Waals surface area contributed by atoms with Crippen LogP contribution >= 0.6 is 7.60 Å². The van der Waals surface area contributed by atoms with E-state index in [0.717, 1.165) is 27.7 Å². The van der Waals surface area contributed by atoms with Gasteiger partial charge in [0.25, 0.3) is 5.91 Å². The number of H-pyrrole nitrogens is 1. The van der Waals surface area contributed by atoms with Gasteiger partial charge in [0.05, 0.1) is 45.2 Å². The Morgan fingerprint density at radius 3 is 2.40 bits per heavy atom. The summed E-state index contributed by atoms with van der Waals surface area (Å²) in [4.78, 5) is 54.7. The minimum atomic E-state index is -3.60. The van der Waals surface area contributed by atoms with Crippen molar-refractivity contribution in [1.82, 2.24) is 20.1 Å². The number of nitrogens with one attached hydrogen (secondary N) is 2. The molecule has 68 heavy (non-hydrogen) atoms. The number of carbonyl (C=O) groups excluding carboxylic acids is 3. The summed E-state index contributed by atoms with van der Waals surface area (Å²) in [5.74, 6) is -1.60. The Morgan fingerprint density at radius 1 is 0.971 bits per heavy atom. The van der Waals surface area contributed by atoms with Crippen molar-refractivity contribution in [3.05, 3.63) is 70.9 Å². The molecule has 1 spiro atoms. The summed E-state index contributed by atoms with van der Waals surface area (Å²) in [6.45, 7) is 12.0. The number of anilines is 1. The lowest BCUT2D eigenvalue weighted by Gasteiger charge is -2.63. The smallest absolute Gasteiger partial charge is 0.332 e. The van der Waals surface area contributed by atoms with Crippen LogP contribution in [-0.4, -0.2) is 152 Å². The molecule has 1 aromatic heterocycles. The molecule has 2 aromatic carbocycles. The highest BCUT2D eigenvalue weighted by Gasteiger charge is 2.80. The van der Waals surface area contributed by atoms with Gasteiger partial charge in [-0.05, 0) is 88.1 Å². The van der Waals surface area contributed by atoms with Crippen LogP contribution in [0.4, 0.5) is 5.69 Å². The number of nitrogens with zero attached hydrogens (tertiary/aromatic N) is 3. The lowest BCUT2D eigenvalue weighted by Crippen LogP contribution is -2.82. The third-order valence-electron chi connectivity index (χ3n) is 16.8. The number of benzene rings is 2. The zero-order chi connectivity index (χ0) is 48.6. The first kappa shape index (κ1) is 48.7. The highest BCUT2D eigenvalue weighted by atomic mass is 31.2. The number of likely N-dealkylation sites (N-methyl/N-ethyl adjacent to an activating group) is 1. The number of aliphatic hydroxyl groups is 2. The van der Waals surface area contributed by atoms with Crippen LogP contribution < -0.4 is 15.0 Å². The number of amides is 1. The lowest BCUT2D eigenvalue weighted by molar-refractivity contribution is -0.217. The highest BCUT2D eigenvalue weighted by Crippen LogP contribution is 2.68. The Hall–Kier alpha value is -4.28. The molecule has 370 valence electrons.